The van der Waals surface area contributed by atoms with Gasteiger partial charge in [0.05, 0.1) is 15.6 Å². The molecule has 8 nitrogen and oxygen atoms in total. The largest absolute Gasteiger partial charge is 0.326 e. The number of halogens is 2. The van der Waals surface area contributed by atoms with Gasteiger partial charge in [-0.25, -0.2) is 9.82 Å². The minimum Gasteiger partial charge on any atom is -0.326 e. The highest BCUT2D eigenvalue weighted by molar-refractivity contribution is 9.10. The molecular formula is C17H14BrFN4O4. The number of carbonyl (C=O) groups excluding carboxylic acids is 2. The quantitative estimate of drug-likeness (QED) is 0.393. The maximum Gasteiger partial charge on any atom is 0.284 e. The summed E-state index contributed by atoms with van der Waals surface area (Å²) in [5.74, 6) is -1.31. The summed E-state index contributed by atoms with van der Waals surface area (Å²) in [5.41, 5.74) is 2.98. The number of carbonyl (C=O) groups is 2. The van der Waals surface area contributed by atoms with Crippen molar-refractivity contribution >= 4 is 45.3 Å². The van der Waals surface area contributed by atoms with Gasteiger partial charge in [0.1, 0.15) is 5.82 Å². The fourth-order valence-corrected chi connectivity index (χ4v) is 2.36. The Balaban J connectivity index is 1.79. The number of hydrazone groups is 1. The van der Waals surface area contributed by atoms with E-state index >= 15 is 0 Å². The standard InChI is InChI=1S/C17H14BrFN4O4/c18-14-6-1-11(9-15(14)23(26)27)10-20-22-17(25)8-7-16(24)21-13-4-2-12(19)3-5-13/h1-6,9-10H,7-8H2,(H,21,24)(H,22,25). The zero-order valence-electron chi connectivity index (χ0n) is 13.8. The van der Waals surface area contributed by atoms with Crippen LogP contribution in [0.25, 0.3) is 0 Å². The van der Waals surface area contributed by atoms with Gasteiger partial charge in [-0.15, -0.1) is 0 Å². The van der Waals surface area contributed by atoms with Crippen LogP contribution in [0.3, 0.4) is 0 Å². The van der Waals surface area contributed by atoms with Gasteiger partial charge in [0.2, 0.25) is 11.8 Å². The van der Waals surface area contributed by atoms with Crippen LogP contribution in [0.2, 0.25) is 0 Å². The molecule has 0 spiro atoms. The monoisotopic (exact) mass is 436 g/mol. The van der Waals surface area contributed by atoms with Gasteiger partial charge in [0.25, 0.3) is 5.69 Å². The molecule has 27 heavy (non-hydrogen) atoms. The van der Waals surface area contributed by atoms with E-state index in [0.29, 0.717) is 15.7 Å². The lowest BCUT2D eigenvalue weighted by atomic mass is 10.2. The molecule has 10 heteroatoms. The highest BCUT2D eigenvalue weighted by Gasteiger charge is 2.11. The smallest absolute Gasteiger partial charge is 0.284 e. The van der Waals surface area contributed by atoms with E-state index in [4.69, 9.17) is 0 Å². The van der Waals surface area contributed by atoms with E-state index in [1.54, 1.807) is 6.07 Å². The fraction of sp³-hybridized carbons (Fsp3) is 0.118. The Morgan fingerprint density at radius 1 is 1.15 bits per heavy atom. The van der Waals surface area contributed by atoms with Crippen LogP contribution in [0.4, 0.5) is 15.8 Å². The lowest BCUT2D eigenvalue weighted by Crippen LogP contribution is -2.20. The molecule has 0 radical (unpaired) electrons. The number of benzene rings is 2. The molecule has 0 saturated heterocycles. The Morgan fingerprint density at radius 2 is 1.81 bits per heavy atom. The minimum absolute atomic E-state index is 0.0809. The average Bonchev–Trinajstić information content (AvgIpc) is 2.63. The number of nitrogens with zero attached hydrogens (tertiary/aromatic N) is 2. The maximum absolute atomic E-state index is 12.8. The number of nitro benzene ring substituents is 1. The van der Waals surface area contributed by atoms with Gasteiger partial charge in [-0.1, -0.05) is 6.07 Å². The number of hydrogen-bond acceptors (Lipinski definition) is 5. The third-order valence-corrected chi connectivity index (χ3v) is 3.95. The Bertz CT molecular complexity index is 887. The van der Waals surface area contributed by atoms with E-state index < -0.39 is 22.6 Å². The zero-order chi connectivity index (χ0) is 19.8. The van der Waals surface area contributed by atoms with E-state index in [-0.39, 0.29) is 18.5 Å². The number of hydrogen-bond donors (Lipinski definition) is 2. The molecule has 2 amide bonds. The third kappa shape index (κ3) is 6.59. The van der Waals surface area contributed by atoms with Crippen molar-refractivity contribution < 1.29 is 18.9 Å². The molecule has 140 valence electrons. The van der Waals surface area contributed by atoms with Crippen LogP contribution in [0.1, 0.15) is 18.4 Å². The van der Waals surface area contributed by atoms with E-state index in [1.807, 2.05) is 0 Å². The normalized spacial score (nSPS) is 10.6. The van der Waals surface area contributed by atoms with Crippen molar-refractivity contribution in [2.24, 2.45) is 5.10 Å². The number of nitrogens with one attached hydrogen (secondary N) is 2. The predicted octanol–water partition coefficient (Wildman–Crippen LogP) is 3.37. The molecular weight excluding hydrogens is 423 g/mol. The van der Waals surface area contributed by atoms with Crippen LogP contribution in [0, 0.1) is 15.9 Å². The first-order chi connectivity index (χ1) is 12.8. The predicted molar refractivity (Wildman–Crippen MR) is 101 cm³/mol. The number of rotatable bonds is 7. The Kier molecular flexibility index (Phi) is 7.12. The molecule has 0 heterocycles. The summed E-state index contributed by atoms with van der Waals surface area (Å²) < 4.78 is 13.1. The number of anilines is 1. The van der Waals surface area contributed by atoms with Crippen LogP contribution >= 0.6 is 15.9 Å². The summed E-state index contributed by atoms with van der Waals surface area (Å²) in [6.07, 6.45) is 1.07. The van der Waals surface area contributed by atoms with Crippen LogP contribution in [0.5, 0.6) is 0 Å². The van der Waals surface area contributed by atoms with Crippen LogP contribution in [0.15, 0.2) is 52.0 Å². The second kappa shape index (κ2) is 9.53. The van der Waals surface area contributed by atoms with Gasteiger partial charge in [-0.3, -0.25) is 19.7 Å². The van der Waals surface area contributed by atoms with Gasteiger partial charge in [-0.05, 0) is 46.3 Å². The highest BCUT2D eigenvalue weighted by atomic mass is 79.9. The molecule has 2 N–H and O–H groups in total. The van der Waals surface area contributed by atoms with Gasteiger partial charge < -0.3 is 5.32 Å². The molecule has 0 fully saturated rings. The van der Waals surface area contributed by atoms with E-state index in [0.717, 1.165) is 0 Å². The van der Waals surface area contributed by atoms with E-state index in [9.17, 15) is 24.1 Å². The molecule has 0 aliphatic carbocycles. The van der Waals surface area contributed by atoms with Crippen molar-refractivity contribution in [2.75, 3.05) is 5.32 Å². The highest BCUT2D eigenvalue weighted by Crippen LogP contribution is 2.24. The van der Waals surface area contributed by atoms with Crippen LogP contribution in [-0.2, 0) is 9.59 Å². The second-order valence-electron chi connectivity index (χ2n) is 5.32. The van der Waals surface area contributed by atoms with Crippen molar-refractivity contribution in [3.63, 3.8) is 0 Å². The van der Waals surface area contributed by atoms with Gasteiger partial charge in [0.15, 0.2) is 0 Å². The first kappa shape index (κ1) is 20.2. The average molecular weight is 437 g/mol. The lowest BCUT2D eigenvalue weighted by Gasteiger charge is -2.04. The third-order valence-electron chi connectivity index (χ3n) is 3.28. The molecule has 2 aromatic rings. The van der Waals surface area contributed by atoms with Crippen molar-refractivity contribution in [1.82, 2.24) is 5.43 Å². The van der Waals surface area contributed by atoms with E-state index in [1.165, 1.54) is 42.6 Å². The summed E-state index contributed by atoms with van der Waals surface area (Å²) in [7, 11) is 0. The second-order valence-corrected chi connectivity index (χ2v) is 6.17. The molecule has 0 aromatic heterocycles. The van der Waals surface area contributed by atoms with Gasteiger partial charge >= 0.3 is 0 Å². The van der Waals surface area contributed by atoms with Gasteiger partial charge in [0, 0.05) is 30.2 Å². The first-order valence-corrected chi connectivity index (χ1v) is 8.45. The number of nitro groups is 1. The molecule has 2 rings (SSSR count). The molecule has 0 bridgehead atoms. The van der Waals surface area contributed by atoms with Crippen molar-refractivity contribution in [1.29, 1.82) is 0 Å². The van der Waals surface area contributed by atoms with E-state index in [2.05, 4.69) is 31.8 Å². The zero-order valence-corrected chi connectivity index (χ0v) is 15.4. The first-order valence-electron chi connectivity index (χ1n) is 7.66. The lowest BCUT2D eigenvalue weighted by molar-refractivity contribution is -0.385. The SMILES string of the molecule is O=C(CCC(=O)Nc1ccc(F)cc1)NN=Cc1ccc(Br)c([N+](=O)[O-])c1. The van der Waals surface area contributed by atoms with Crippen molar-refractivity contribution in [3.05, 3.63) is 68.4 Å². The molecule has 0 aliphatic heterocycles. The Morgan fingerprint density at radius 3 is 2.48 bits per heavy atom. The Labute approximate surface area is 161 Å². The summed E-state index contributed by atoms with van der Waals surface area (Å²) in [4.78, 5) is 33.7. The minimum atomic E-state index is -0.542. The summed E-state index contributed by atoms with van der Waals surface area (Å²) >= 11 is 3.07. The molecule has 0 unspecified atom stereocenters. The maximum atomic E-state index is 12.8. The molecule has 0 aliphatic rings. The van der Waals surface area contributed by atoms with Gasteiger partial charge in [-0.2, -0.15) is 5.10 Å². The van der Waals surface area contributed by atoms with Crippen molar-refractivity contribution in [3.8, 4) is 0 Å². The molecule has 0 atom stereocenters. The summed E-state index contributed by atoms with van der Waals surface area (Å²) in [5, 5.41) is 17.1. The van der Waals surface area contributed by atoms with Crippen molar-refractivity contribution in [2.45, 2.75) is 12.8 Å². The summed E-state index contributed by atoms with van der Waals surface area (Å²) in [6, 6.07) is 9.64. The van der Waals surface area contributed by atoms with Crippen LogP contribution < -0.4 is 10.7 Å². The topological polar surface area (TPSA) is 114 Å². The number of amides is 2. The molecule has 0 saturated carbocycles. The van der Waals surface area contributed by atoms with Crippen LogP contribution in [-0.4, -0.2) is 23.0 Å². The molecule has 2 aromatic carbocycles. The Hall–Kier alpha value is -3.14. The summed E-state index contributed by atoms with van der Waals surface area (Å²) in [6.45, 7) is 0. The fourth-order valence-electron chi connectivity index (χ4n) is 1.97.